The van der Waals surface area contributed by atoms with E-state index in [1.807, 2.05) is 13.8 Å². The molecule has 0 radical (unpaired) electrons. The van der Waals surface area contributed by atoms with Crippen LogP contribution in [-0.2, 0) is 0 Å². The molecule has 3 nitrogen and oxygen atoms in total. The number of fused-ring (bicyclic) bond motifs is 3. The van der Waals surface area contributed by atoms with Gasteiger partial charge in [0.1, 0.15) is 0 Å². The van der Waals surface area contributed by atoms with E-state index in [1.165, 1.54) is 21.9 Å². The minimum absolute atomic E-state index is 0.125. The number of benzene rings is 2. The summed E-state index contributed by atoms with van der Waals surface area (Å²) in [6.07, 6.45) is -0.471. The molecule has 3 rings (SSSR count). The lowest BCUT2D eigenvalue weighted by atomic mass is 9.99. The molecule has 0 amide bonds. The Labute approximate surface area is 137 Å². The normalized spacial score (nSPS) is 14.7. The Kier molecular flexibility index (Phi) is 4.17. The van der Waals surface area contributed by atoms with E-state index in [2.05, 4.69) is 54.8 Å². The molecular formula is C20H26N2O. The third-order valence-electron chi connectivity index (χ3n) is 4.76. The van der Waals surface area contributed by atoms with Crippen LogP contribution in [0.4, 0.5) is 0 Å². The lowest BCUT2D eigenvalue weighted by molar-refractivity contribution is 0.0760. The molecule has 122 valence electrons. The van der Waals surface area contributed by atoms with Crippen LogP contribution in [-0.4, -0.2) is 22.3 Å². The third kappa shape index (κ3) is 2.64. The number of rotatable bonds is 4. The van der Waals surface area contributed by atoms with Crippen molar-refractivity contribution in [3.8, 4) is 0 Å². The van der Waals surface area contributed by atoms with Gasteiger partial charge in [-0.2, -0.15) is 0 Å². The maximum absolute atomic E-state index is 10.7. The fraction of sp³-hybridized carbons (Fsp3) is 0.400. The van der Waals surface area contributed by atoms with Crippen LogP contribution in [0.1, 0.15) is 31.0 Å². The molecule has 3 aromatic rings. The van der Waals surface area contributed by atoms with Gasteiger partial charge < -0.3 is 15.4 Å². The van der Waals surface area contributed by atoms with E-state index < -0.39 is 6.10 Å². The molecule has 0 aliphatic rings. The fourth-order valence-corrected chi connectivity index (χ4v) is 3.48. The zero-order valence-corrected chi connectivity index (χ0v) is 14.4. The Hall–Kier alpha value is -1.84. The second-order valence-electron chi connectivity index (χ2n) is 6.95. The molecule has 0 aliphatic heterocycles. The SMILES string of the molecule is Cc1ccc2c(c1)c1cc(C)ccc1n2[C@@H](CN)[C@@H](O)C(C)C. The van der Waals surface area contributed by atoms with Gasteiger partial charge >= 0.3 is 0 Å². The van der Waals surface area contributed by atoms with Crippen LogP contribution in [0.2, 0.25) is 0 Å². The summed E-state index contributed by atoms with van der Waals surface area (Å²) in [6.45, 7) is 8.72. The lowest BCUT2D eigenvalue weighted by Gasteiger charge is -2.27. The minimum atomic E-state index is -0.471. The summed E-state index contributed by atoms with van der Waals surface area (Å²) < 4.78 is 2.23. The van der Waals surface area contributed by atoms with Gasteiger partial charge in [0.05, 0.1) is 12.1 Å². The van der Waals surface area contributed by atoms with Crippen LogP contribution in [0.25, 0.3) is 21.8 Å². The van der Waals surface area contributed by atoms with E-state index in [4.69, 9.17) is 5.73 Å². The van der Waals surface area contributed by atoms with Crippen molar-refractivity contribution < 1.29 is 5.11 Å². The molecule has 1 aromatic heterocycles. The lowest BCUT2D eigenvalue weighted by Crippen LogP contribution is -2.34. The first kappa shape index (κ1) is 16.0. The zero-order chi connectivity index (χ0) is 16.7. The van der Waals surface area contributed by atoms with Crippen LogP contribution in [0, 0.1) is 19.8 Å². The molecule has 0 aliphatic carbocycles. The molecule has 0 bridgehead atoms. The number of aromatic nitrogens is 1. The number of hydrogen-bond donors (Lipinski definition) is 2. The molecular weight excluding hydrogens is 284 g/mol. The molecule has 1 heterocycles. The topological polar surface area (TPSA) is 51.2 Å². The Morgan fingerprint density at radius 3 is 1.83 bits per heavy atom. The number of aliphatic hydroxyl groups is 1. The Bertz CT molecular complexity index is 788. The fourth-order valence-electron chi connectivity index (χ4n) is 3.48. The van der Waals surface area contributed by atoms with Crippen molar-refractivity contribution >= 4 is 21.8 Å². The van der Waals surface area contributed by atoms with Crippen LogP contribution in [0.15, 0.2) is 36.4 Å². The van der Waals surface area contributed by atoms with Gasteiger partial charge in [0.2, 0.25) is 0 Å². The average molecular weight is 310 g/mol. The molecule has 2 atom stereocenters. The predicted molar refractivity (Wildman–Crippen MR) is 97.9 cm³/mol. The van der Waals surface area contributed by atoms with E-state index in [0.29, 0.717) is 6.54 Å². The van der Waals surface area contributed by atoms with Crippen LogP contribution < -0.4 is 5.73 Å². The number of nitrogens with two attached hydrogens (primary N) is 1. The maximum Gasteiger partial charge on any atom is 0.0782 e. The van der Waals surface area contributed by atoms with Gasteiger partial charge in [-0.1, -0.05) is 37.1 Å². The van der Waals surface area contributed by atoms with Crippen molar-refractivity contribution in [3.05, 3.63) is 47.5 Å². The highest BCUT2D eigenvalue weighted by molar-refractivity contribution is 6.08. The Morgan fingerprint density at radius 2 is 1.43 bits per heavy atom. The molecule has 0 saturated carbocycles. The summed E-state index contributed by atoms with van der Waals surface area (Å²) in [5, 5.41) is 13.2. The number of nitrogens with zero attached hydrogens (tertiary/aromatic N) is 1. The minimum Gasteiger partial charge on any atom is -0.391 e. The number of hydrogen-bond acceptors (Lipinski definition) is 2. The van der Waals surface area contributed by atoms with E-state index in [0.717, 1.165) is 11.0 Å². The predicted octanol–water partition coefficient (Wildman–Crippen LogP) is 3.93. The standard InChI is InChI=1S/C20H26N2O/c1-12(2)20(23)19(11-21)22-17-7-5-13(3)9-15(17)16-10-14(4)6-8-18(16)22/h5-10,12,19-20,23H,11,21H2,1-4H3/t19-,20-/m0/s1. The van der Waals surface area contributed by atoms with Crippen molar-refractivity contribution in [2.75, 3.05) is 6.54 Å². The molecule has 0 unspecified atom stereocenters. The Morgan fingerprint density at radius 1 is 0.957 bits per heavy atom. The molecule has 3 heteroatoms. The van der Waals surface area contributed by atoms with Crippen molar-refractivity contribution in [2.24, 2.45) is 11.7 Å². The van der Waals surface area contributed by atoms with Gasteiger partial charge in [-0.3, -0.25) is 0 Å². The highest BCUT2D eigenvalue weighted by Crippen LogP contribution is 2.34. The van der Waals surface area contributed by atoms with Crippen molar-refractivity contribution in [2.45, 2.75) is 39.8 Å². The maximum atomic E-state index is 10.7. The Balaban J connectivity index is 2.37. The van der Waals surface area contributed by atoms with E-state index >= 15 is 0 Å². The number of aliphatic hydroxyl groups excluding tert-OH is 1. The van der Waals surface area contributed by atoms with Crippen molar-refractivity contribution in [1.82, 2.24) is 4.57 Å². The molecule has 0 fully saturated rings. The van der Waals surface area contributed by atoms with Gasteiger partial charge in [0.15, 0.2) is 0 Å². The van der Waals surface area contributed by atoms with Crippen LogP contribution >= 0.6 is 0 Å². The first-order valence-electron chi connectivity index (χ1n) is 8.33. The van der Waals surface area contributed by atoms with Gasteiger partial charge in [0, 0.05) is 28.4 Å². The largest absolute Gasteiger partial charge is 0.391 e. The summed E-state index contributed by atoms with van der Waals surface area (Å²) in [5.41, 5.74) is 10.8. The first-order chi connectivity index (χ1) is 10.9. The average Bonchev–Trinajstić information content (AvgIpc) is 2.81. The second-order valence-corrected chi connectivity index (χ2v) is 6.95. The molecule has 3 N–H and O–H groups in total. The van der Waals surface area contributed by atoms with Gasteiger partial charge in [-0.15, -0.1) is 0 Å². The highest BCUT2D eigenvalue weighted by Gasteiger charge is 2.26. The second kappa shape index (κ2) is 5.99. The van der Waals surface area contributed by atoms with Crippen molar-refractivity contribution in [3.63, 3.8) is 0 Å². The molecule has 0 saturated heterocycles. The number of aryl methyl sites for hydroxylation is 2. The van der Waals surface area contributed by atoms with E-state index in [9.17, 15) is 5.11 Å². The molecule has 0 spiro atoms. The van der Waals surface area contributed by atoms with Gasteiger partial charge in [-0.05, 0) is 44.0 Å². The third-order valence-corrected chi connectivity index (χ3v) is 4.76. The van der Waals surface area contributed by atoms with Crippen molar-refractivity contribution in [1.29, 1.82) is 0 Å². The summed E-state index contributed by atoms with van der Waals surface area (Å²) >= 11 is 0. The van der Waals surface area contributed by atoms with Crippen LogP contribution in [0.3, 0.4) is 0 Å². The smallest absolute Gasteiger partial charge is 0.0782 e. The van der Waals surface area contributed by atoms with E-state index in [1.54, 1.807) is 0 Å². The van der Waals surface area contributed by atoms with Gasteiger partial charge in [0.25, 0.3) is 0 Å². The zero-order valence-electron chi connectivity index (χ0n) is 14.4. The summed E-state index contributed by atoms with van der Waals surface area (Å²) in [5.74, 6) is 0.159. The summed E-state index contributed by atoms with van der Waals surface area (Å²) in [4.78, 5) is 0. The van der Waals surface area contributed by atoms with Gasteiger partial charge in [-0.25, -0.2) is 0 Å². The quantitative estimate of drug-likeness (QED) is 0.767. The van der Waals surface area contributed by atoms with Crippen LogP contribution in [0.5, 0.6) is 0 Å². The van der Waals surface area contributed by atoms with E-state index in [-0.39, 0.29) is 12.0 Å². The highest BCUT2D eigenvalue weighted by atomic mass is 16.3. The monoisotopic (exact) mass is 310 g/mol. The summed E-state index contributed by atoms with van der Waals surface area (Å²) in [7, 11) is 0. The molecule has 2 aromatic carbocycles. The first-order valence-corrected chi connectivity index (χ1v) is 8.33. The summed E-state index contributed by atoms with van der Waals surface area (Å²) in [6, 6.07) is 12.9. The molecule has 23 heavy (non-hydrogen) atoms.